The van der Waals surface area contributed by atoms with Crippen molar-refractivity contribution in [2.45, 2.75) is 93.4 Å². The van der Waals surface area contributed by atoms with E-state index in [1.54, 1.807) is 21.9 Å². The van der Waals surface area contributed by atoms with Crippen LogP contribution >= 0.6 is 0 Å². The molecule has 1 aromatic rings. The standard InChI is InChI=1S/C24H35Si.2CH3.Ti/c1-16-11-17(2)13-22(12-16)25-15-24-20(5)18(3)19(4)23(24)14-21-9-7-6-8-10-21;;;/h11-13,21H,6-10,14-15,25H2,1-5H3;2*1H3;. The molecule has 2 aliphatic carbocycles. The van der Waals surface area contributed by atoms with Gasteiger partial charge in [-0.1, -0.05) is 0 Å². The maximum atomic E-state index is 2.66. The number of aryl methyl sites for hydroxylation is 2. The normalized spacial score (nSPS) is 24.1. The van der Waals surface area contributed by atoms with Crippen LogP contribution in [0.25, 0.3) is 0 Å². The van der Waals surface area contributed by atoms with Crippen LogP contribution in [0, 0.1) is 19.8 Å². The van der Waals surface area contributed by atoms with Gasteiger partial charge in [0.25, 0.3) is 0 Å². The second-order valence-electron chi connectivity index (χ2n) is 9.96. The Morgan fingerprint density at radius 1 is 0.893 bits per heavy atom. The summed E-state index contributed by atoms with van der Waals surface area (Å²) in [5, 5.41) is 7.00. The van der Waals surface area contributed by atoms with Crippen molar-refractivity contribution in [2.75, 3.05) is 0 Å². The van der Waals surface area contributed by atoms with E-state index in [1.807, 2.05) is 5.57 Å². The summed E-state index contributed by atoms with van der Waals surface area (Å²) in [6.07, 6.45) is 8.75. The molecule has 28 heavy (non-hydrogen) atoms. The van der Waals surface area contributed by atoms with Gasteiger partial charge in [-0.3, -0.25) is 0 Å². The third-order valence-electron chi connectivity index (χ3n) is 7.87. The molecule has 0 N–H and O–H groups in total. The fourth-order valence-corrected chi connectivity index (χ4v) is 14.8. The molecule has 0 radical (unpaired) electrons. The number of allylic oxidation sites excluding steroid dienone is 4. The van der Waals surface area contributed by atoms with Gasteiger partial charge in [0.15, 0.2) is 0 Å². The quantitative estimate of drug-likeness (QED) is 0.426. The molecule has 0 saturated heterocycles. The SMILES string of the molecule is CC1=C(C)[C](C[SiH2]c2cc(C)cc(C)c2)([Ti]([CH3])[CH3])C(CC2CCCCC2)=C1C. The average molecular weight is 430 g/mol. The van der Waals surface area contributed by atoms with E-state index in [4.69, 9.17) is 0 Å². The van der Waals surface area contributed by atoms with Gasteiger partial charge < -0.3 is 0 Å². The summed E-state index contributed by atoms with van der Waals surface area (Å²) < 4.78 is 0.496. The van der Waals surface area contributed by atoms with Gasteiger partial charge in [-0.2, -0.15) is 0 Å². The molecule has 1 fully saturated rings. The van der Waals surface area contributed by atoms with Crippen LogP contribution in [-0.2, 0) is 17.9 Å². The van der Waals surface area contributed by atoms with Crippen LogP contribution in [0.15, 0.2) is 40.5 Å². The minimum atomic E-state index is -1.18. The molecular formula is C26H41SiTi. The van der Waals surface area contributed by atoms with Crippen LogP contribution in [0.2, 0.25) is 20.2 Å². The van der Waals surface area contributed by atoms with Crippen molar-refractivity contribution in [1.82, 2.24) is 0 Å². The van der Waals surface area contributed by atoms with Crippen LogP contribution in [-0.4, -0.2) is 9.52 Å². The minimum absolute atomic E-state index is 0.256. The van der Waals surface area contributed by atoms with Crippen molar-refractivity contribution in [1.29, 1.82) is 0 Å². The van der Waals surface area contributed by atoms with Crippen LogP contribution in [0.1, 0.15) is 70.4 Å². The first-order valence-corrected chi connectivity index (χ1v) is 17.1. The van der Waals surface area contributed by atoms with Crippen molar-refractivity contribution in [3.05, 3.63) is 51.6 Å². The first-order chi connectivity index (χ1) is 13.3. The van der Waals surface area contributed by atoms with Crippen LogP contribution in [0.5, 0.6) is 0 Å². The molecule has 2 aliphatic rings. The summed E-state index contributed by atoms with van der Waals surface area (Å²) >= 11 is -1.18. The Morgan fingerprint density at radius 3 is 2.07 bits per heavy atom. The van der Waals surface area contributed by atoms with Crippen molar-refractivity contribution in [3.8, 4) is 0 Å². The Labute approximate surface area is 182 Å². The van der Waals surface area contributed by atoms with E-state index < -0.39 is 17.9 Å². The number of hydrogen-bond donors (Lipinski definition) is 0. The summed E-state index contributed by atoms with van der Waals surface area (Å²) in [5.74, 6) is 0.956. The topological polar surface area (TPSA) is 0 Å². The Bertz CT molecular complexity index is 759. The van der Waals surface area contributed by atoms with Crippen LogP contribution in [0.4, 0.5) is 0 Å². The zero-order valence-electron chi connectivity index (χ0n) is 19.5. The van der Waals surface area contributed by atoms with Gasteiger partial charge in [0.05, 0.1) is 0 Å². The molecule has 0 aliphatic heterocycles. The zero-order chi connectivity index (χ0) is 20.5. The van der Waals surface area contributed by atoms with E-state index in [2.05, 4.69) is 63.3 Å². The van der Waals surface area contributed by atoms with Gasteiger partial charge in [-0.25, -0.2) is 0 Å². The predicted molar refractivity (Wildman–Crippen MR) is 126 cm³/mol. The van der Waals surface area contributed by atoms with E-state index in [0.29, 0.717) is 3.72 Å². The summed E-state index contributed by atoms with van der Waals surface area (Å²) in [7, 11) is -0.256. The molecule has 1 unspecified atom stereocenters. The van der Waals surface area contributed by atoms with Crippen LogP contribution < -0.4 is 5.19 Å². The number of benzene rings is 1. The molecule has 0 bridgehead atoms. The van der Waals surface area contributed by atoms with Crippen molar-refractivity contribution in [3.63, 3.8) is 0 Å². The van der Waals surface area contributed by atoms with Gasteiger partial charge in [-0.15, -0.1) is 0 Å². The Kier molecular flexibility index (Phi) is 7.33. The third kappa shape index (κ3) is 4.37. The monoisotopic (exact) mass is 429 g/mol. The second-order valence-corrected chi connectivity index (χ2v) is 16.2. The van der Waals surface area contributed by atoms with E-state index in [-0.39, 0.29) is 9.52 Å². The molecule has 153 valence electrons. The molecular weight excluding hydrogens is 388 g/mol. The Morgan fingerprint density at radius 2 is 1.50 bits per heavy atom. The zero-order valence-corrected chi connectivity index (χ0v) is 22.4. The fourth-order valence-electron chi connectivity index (χ4n) is 6.19. The molecule has 2 heteroatoms. The first-order valence-electron chi connectivity index (χ1n) is 11.5. The van der Waals surface area contributed by atoms with Gasteiger partial charge in [-0.05, 0) is 0 Å². The molecule has 0 nitrogen and oxygen atoms in total. The van der Waals surface area contributed by atoms with Gasteiger partial charge in [0.2, 0.25) is 0 Å². The molecule has 0 heterocycles. The number of rotatable bonds is 6. The summed E-state index contributed by atoms with van der Waals surface area (Å²) in [4.78, 5) is 0. The van der Waals surface area contributed by atoms with Crippen LogP contribution in [0.3, 0.4) is 0 Å². The Balaban J connectivity index is 1.92. The molecule has 0 amide bonds. The molecule has 1 aromatic carbocycles. The summed E-state index contributed by atoms with van der Waals surface area (Å²) in [5.41, 5.74) is 9.91. The second kappa shape index (κ2) is 9.19. The molecule has 0 spiro atoms. The summed E-state index contributed by atoms with van der Waals surface area (Å²) in [6.45, 7) is 11.9. The van der Waals surface area contributed by atoms with E-state index in [9.17, 15) is 0 Å². The maximum absolute atomic E-state index is 2.66. The molecule has 1 atom stereocenters. The molecule has 1 saturated carbocycles. The van der Waals surface area contributed by atoms with Gasteiger partial charge in [0.1, 0.15) is 0 Å². The van der Waals surface area contributed by atoms with Gasteiger partial charge in [0, 0.05) is 0 Å². The third-order valence-corrected chi connectivity index (χ3v) is 14.8. The van der Waals surface area contributed by atoms with Crippen molar-refractivity contribution >= 4 is 14.7 Å². The van der Waals surface area contributed by atoms with E-state index in [0.717, 1.165) is 5.92 Å². The molecule has 3 rings (SSSR count). The Hall–Kier alpha value is -0.369. The first kappa shape index (κ1) is 22.3. The average Bonchev–Trinajstić information content (AvgIpc) is 2.82. The summed E-state index contributed by atoms with van der Waals surface area (Å²) in [6, 6.07) is 8.77. The molecule has 0 aromatic heterocycles. The van der Waals surface area contributed by atoms with Crippen molar-refractivity contribution < 1.29 is 17.9 Å². The fraction of sp³-hybridized carbons (Fsp3) is 0.615. The predicted octanol–water partition coefficient (Wildman–Crippen LogP) is 7.03. The number of hydrogen-bond acceptors (Lipinski definition) is 0. The van der Waals surface area contributed by atoms with E-state index in [1.165, 1.54) is 55.7 Å². The van der Waals surface area contributed by atoms with E-state index >= 15 is 0 Å². The van der Waals surface area contributed by atoms with Crippen molar-refractivity contribution in [2.24, 2.45) is 5.92 Å². The van der Waals surface area contributed by atoms with Gasteiger partial charge >= 0.3 is 183 Å².